The van der Waals surface area contributed by atoms with E-state index in [0.29, 0.717) is 5.13 Å². The monoisotopic (exact) mass is 296 g/mol. The highest BCUT2D eigenvalue weighted by atomic mass is 32.2. The second-order valence-corrected chi connectivity index (χ2v) is 6.27. The maximum Gasteiger partial charge on any atom is 0.238 e. The maximum absolute atomic E-state index is 11.8. The third-order valence-electron chi connectivity index (χ3n) is 2.77. The van der Waals surface area contributed by atoms with Crippen LogP contribution in [-0.2, 0) is 4.79 Å². The zero-order valence-electron chi connectivity index (χ0n) is 11.3. The highest BCUT2D eigenvalue weighted by Gasteiger charge is 2.15. The second-order valence-electron chi connectivity index (χ2n) is 4.23. The molecule has 0 aliphatic heterocycles. The van der Waals surface area contributed by atoms with Crippen molar-refractivity contribution in [3.63, 3.8) is 0 Å². The molecule has 1 N–H and O–H groups in total. The molecular formula is C13H16N2O2S2. The molecule has 1 amide bonds. The lowest BCUT2D eigenvalue weighted by atomic mass is 10.2. The Bertz CT molecular complexity index is 589. The van der Waals surface area contributed by atoms with Gasteiger partial charge in [-0.1, -0.05) is 0 Å². The molecule has 2 aromatic heterocycles. The zero-order valence-corrected chi connectivity index (χ0v) is 12.9. The number of hydrogen-bond acceptors (Lipinski definition) is 5. The van der Waals surface area contributed by atoms with E-state index in [1.165, 1.54) is 23.1 Å². The summed E-state index contributed by atoms with van der Waals surface area (Å²) in [5, 5.41) is 5.30. The molecule has 102 valence electrons. The van der Waals surface area contributed by atoms with Gasteiger partial charge in [0.25, 0.3) is 0 Å². The Hall–Kier alpha value is -1.27. The van der Waals surface area contributed by atoms with Gasteiger partial charge >= 0.3 is 0 Å². The van der Waals surface area contributed by atoms with Crippen molar-refractivity contribution in [1.29, 1.82) is 0 Å². The average molecular weight is 296 g/mol. The number of rotatable bonds is 4. The van der Waals surface area contributed by atoms with Gasteiger partial charge in [-0.15, -0.1) is 11.3 Å². The van der Waals surface area contributed by atoms with Crippen molar-refractivity contribution in [2.24, 2.45) is 0 Å². The number of carbonyl (C=O) groups is 1. The summed E-state index contributed by atoms with van der Waals surface area (Å²) in [6, 6.07) is 1.96. The van der Waals surface area contributed by atoms with Crippen LogP contribution in [0.25, 0.3) is 11.3 Å². The Morgan fingerprint density at radius 1 is 1.53 bits per heavy atom. The second kappa shape index (κ2) is 5.79. The standard InChI is InChI=1S/C13H16N2O2S2/c1-7-5-10(8(2)17-7)11-6-19-13(14-11)15-12(16)9(3)18-4/h5-6,9H,1-4H3,(H,14,15,16)/t9-/m0/s1. The molecule has 0 aliphatic carbocycles. The molecule has 19 heavy (non-hydrogen) atoms. The van der Waals surface area contributed by atoms with Crippen LogP contribution in [-0.4, -0.2) is 22.4 Å². The first-order valence-electron chi connectivity index (χ1n) is 5.88. The van der Waals surface area contributed by atoms with E-state index < -0.39 is 0 Å². The molecule has 0 radical (unpaired) electrons. The van der Waals surface area contributed by atoms with E-state index in [2.05, 4.69) is 10.3 Å². The number of hydrogen-bond donors (Lipinski definition) is 1. The maximum atomic E-state index is 11.8. The lowest BCUT2D eigenvalue weighted by molar-refractivity contribution is -0.115. The topological polar surface area (TPSA) is 55.1 Å². The van der Waals surface area contributed by atoms with Gasteiger partial charge in [0.15, 0.2) is 5.13 Å². The summed E-state index contributed by atoms with van der Waals surface area (Å²) in [7, 11) is 0. The molecule has 2 heterocycles. The van der Waals surface area contributed by atoms with Crippen LogP contribution in [0.1, 0.15) is 18.4 Å². The van der Waals surface area contributed by atoms with E-state index in [4.69, 9.17) is 4.42 Å². The number of thiazole rings is 1. The minimum absolute atomic E-state index is 0.0199. The predicted molar refractivity (Wildman–Crippen MR) is 80.9 cm³/mol. The Balaban J connectivity index is 2.16. The van der Waals surface area contributed by atoms with Crippen LogP contribution in [0.2, 0.25) is 0 Å². The minimum atomic E-state index is -0.0785. The lowest BCUT2D eigenvalue weighted by Crippen LogP contribution is -2.21. The van der Waals surface area contributed by atoms with Gasteiger partial charge in [0.1, 0.15) is 11.5 Å². The highest BCUT2D eigenvalue weighted by molar-refractivity contribution is 7.99. The number of carbonyl (C=O) groups excluding carboxylic acids is 1. The summed E-state index contributed by atoms with van der Waals surface area (Å²) in [5.41, 5.74) is 1.82. The van der Waals surface area contributed by atoms with E-state index in [1.54, 1.807) is 0 Å². The summed E-state index contributed by atoms with van der Waals surface area (Å²) in [6.07, 6.45) is 1.91. The van der Waals surface area contributed by atoms with Crippen LogP contribution in [0.15, 0.2) is 15.9 Å². The number of furan rings is 1. The molecule has 0 saturated carbocycles. The normalized spacial score (nSPS) is 12.4. The number of anilines is 1. The van der Waals surface area contributed by atoms with Crippen molar-refractivity contribution in [1.82, 2.24) is 4.98 Å². The van der Waals surface area contributed by atoms with E-state index in [-0.39, 0.29) is 11.2 Å². The van der Waals surface area contributed by atoms with Crippen molar-refractivity contribution in [3.8, 4) is 11.3 Å². The summed E-state index contributed by atoms with van der Waals surface area (Å²) < 4.78 is 5.49. The summed E-state index contributed by atoms with van der Waals surface area (Å²) in [4.78, 5) is 16.2. The van der Waals surface area contributed by atoms with E-state index in [0.717, 1.165) is 22.8 Å². The average Bonchev–Trinajstić information content (AvgIpc) is 2.94. The third-order valence-corrected chi connectivity index (χ3v) is 4.45. The molecule has 4 nitrogen and oxygen atoms in total. The van der Waals surface area contributed by atoms with E-state index >= 15 is 0 Å². The Kier molecular flexibility index (Phi) is 4.31. The van der Waals surface area contributed by atoms with Crippen LogP contribution >= 0.6 is 23.1 Å². The summed E-state index contributed by atoms with van der Waals surface area (Å²) in [6.45, 7) is 5.69. The lowest BCUT2D eigenvalue weighted by Gasteiger charge is -2.06. The first-order chi connectivity index (χ1) is 9.01. The number of thioether (sulfide) groups is 1. The molecule has 6 heteroatoms. The molecule has 0 spiro atoms. The van der Waals surface area contributed by atoms with Crippen molar-refractivity contribution in [3.05, 3.63) is 23.0 Å². The van der Waals surface area contributed by atoms with Gasteiger partial charge in [0.05, 0.1) is 10.9 Å². The largest absolute Gasteiger partial charge is 0.466 e. The Morgan fingerprint density at radius 3 is 2.84 bits per heavy atom. The van der Waals surface area contributed by atoms with Crippen LogP contribution in [0.4, 0.5) is 5.13 Å². The molecule has 0 saturated heterocycles. The smallest absolute Gasteiger partial charge is 0.238 e. The molecule has 0 bridgehead atoms. The van der Waals surface area contributed by atoms with Gasteiger partial charge in [-0.2, -0.15) is 11.8 Å². The highest BCUT2D eigenvalue weighted by Crippen LogP contribution is 2.29. The number of amides is 1. The first-order valence-corrected chi connectivity index (χ1v) is 8.04. The van der Waals surface area contributed by atoms with E-state index in [1.807, 2.05) is 38.5 Å². The molecule has 2 rings (SSSR count). The minimum Gasteiger partial charge on any atom is -0.466 e. The quantitative estimate of drug-likeness (QED) is 0.934. The first kappa shape index (κ1) is 14.1. The predicted octanol–water partition coefficient (Wildman–Crippen LogP) is 3.71. The van der Waals surface area contributed by atoms with Crippen LogP contribution in [0.3, 0.4) is 0 Å². The van der Waals surface area contributed by atoms with Crippen LogP contribution in [0, 0.1) is 13.8 Å². The molecule has 0 fully saturated rings. The van der Waals surface area contributed by atoms with Gasteiger partial charge in [-0.25, -0.2) is 4.98 Å². The molecule has 0 unspecified atom stereocenters. The van der Waals surface area contributed by atoms with Crippen LogP contribution < -0.4 is 5.32 Å². The fourth-order valence-corrected chi connectivity index (χ4v) is 2.64. The van der Waals surface area contributed by atoms with Gasteiger partial charge in [-0.05, 0) is 33.1 Å². The molecule has 1 atom stereocenters. The molecule has 0 aromatic carbocycles. The number of nitrogens with one attached hydrogen (secondary N) is 1. The summed E-state index contributed by atoms with van der Waals surface area (Å²) in [5.74, 6) is 1.69. The summed E-state index contributed by atoms with van der Waals surface area (Å²) >= 11 is 2.94. The number of aromatic nitrogens is 1. The Morgan fingerprint density at radius 2 is 2.26 bits per heavy atom. The van der Waals surface area contributed by atoms with Crippen molar-refractivity contribution < 1.29 is 9.21 Å². The van der Waals surface area contributed by atoms with Crippen molar-refractivity contribution in [2.45, 2.75) is 26.0 Å². The molecule has 2 aromatic rings. The van der Waals surface area contributed by atoms with Crippen molar-refractivity contribution >= 4 is 34.1 Å². The van der Waals surface area contributed by atoms with Crippen molar-refractivity contribution in [2.75, 3.05) is 11.6 Å². The van der Waals surface area contributed by atoms with Gasteiger partial charge in [-0.3, -0.25) is 4.79 Å². The van der Waals surface area contributed by atoms with Gasteiger partial charge in [0.2, 0.25) is 5.91 Å². The zero-order chi connectivity index (χ0) is 14.0. The van der Waals surface area contributed by atoms with Crippen LogP contribution in [0.5, 0.6) is 0 Å². The Labute approximate surface area is 120 Å². The van der Waals surface area contributed by atoms with Gasteiger partial charge in [0, 0.05) is 10.9 Å². The number of aryl methyl sites for hydroxylation is 2. The third kappa shape index (κ3) is 3.19. The SMILES string of the molecule is CS[C@@H](C)C(=O)Nc1nc(-c2cc(C)oc2C)cs1. The fourth-order valence-electron chi connectivity index (χ4n) is 1.65. The molecule has 0 aliphatic rings. The fraction of sp³-hybridized carbons (Fsp3) is 0.385. The van der Waals surface area contributed by atoms with E-state index in [9.17, 15) is 4.79 Å². The number of nitrogens with zero attached hydrogens (tertiary/aromatic N) is 1. The van der Waals surface area contributed by atoms with Gasteiger partial charge < -0.3 is 9.73 Å². The molecular weight excluding hydrogens is 280 g/mol.